The highest BCUT2D eigenvalue weighted by atomic mass is 35.5. The minimum Gasteiger partial charge on any atom is -0.480 e. The van der Waals surface area contributed by atoms with Gasteiger partial charge >= 0.3 is 11.7 Å². The first kappa shape index (κ1) is 14.7. The maximum Gasteiger partial charge on any atom is 0.354 e. The first-order valence-electron chi connectivity index (χ1n) is 5.73. The van der Waals surface area contributed by atoms with Crippen molar-refractivity contribution in [3.05, 3.63) is 62.9 Å². The van der Waals surface area contributed by atoms with E-state index in [1.54, 1.807) is 6.07 Å². The number of ether oxygens (including phenoxy) is 1. The Morgan fingerprint density at radius 3 is 2.81 bits per heavy atom. The lowest BCUT2D eigenvalue weighted by atomic mass is 10.3. The van der Waals surface area contributed by atoms with E-state index in [2.05, 4.69) is 4.98 Å². The third-order valence-corrected chi connectivity index (χ3v) is 2.75. The summed E-state index contributed by atoms with van der Waals surface area (Å²) >= 11 is 5.70. The van der Waals surface area contributed by atoms with Gasteiger partial charge in [0.2, 0.25) is 0 Å². The van der Waals surface area contributed by atoms with Crippen molar-refractivity contribution in [2.24, 2.45) is 0 Å². The van der Waals surface area contributed by atoms with Crippen molar-refractivity contribution in [3.63, 3.8) is 0 Å². The van der Waals surface area contributed by atoms with Crippen molar-refractivity contribution in [1.29, 1.82) is 0 Å². The van der Waals surface area contributed by atoms with Crippen molar-refractivity contribution in [3.8, 4) is 5.75 Å². The zero-order valence-corrected chi connectivity index (χ0v) is 11.3. The summed E-state index contributed by atoms with van der Waals surface area (Å²) in [5.41, 5.74) is -0.0438. The standard InChI is InChI=1S/C13H9ClN2O5/c14-8-4-5-12(11(6-8)16(19)20)21-7-9-2-1-3-10(15-9)13(17)18/h1-6H,7H2,(H,17,18). The number of carboxylic acids is 1. The number of pyridine rings is 1. The van der Waals surface area contributed by atoms with Gasteiger partial charge in [0.25, 0.3) is 0 Å². The van der Waals surface area contributed by atoms with Crippen LogP contribution in [0.1, 0.15) is 16.2 Å². The first-order chi connectivity index (χ1) is 9.97. The molecule has 7 nitrogen and oxygen atoms in total. The number of nitro benzene ring substituents is 1. The van der Waals surface area contributed by atoms with E-state index in [0.29, 0.717) is 5.69 Å². The van der Waals surface area contributed by atoms with Crippen molar-refractivity contribution in [2.75, 3.05) is 0 Å². The zero-order chi connectivity index (χ0) is 15.4. The SMILES string of the molecule is O=C(O)c1cccc(COc2ccc(Cl)cc2[N+](=O)[O-])n1. The van der Waals surface area contributed by atoms with Gasteiger partial charge in [-0.15, -0.1) is 0 Å². The number of hydrogen-bond donors (Lipinski definition) is 1. The number of carboxylic acid groups (broad SMARTS) is 1. The van der Waals surface area contributed by atoms with Gasteiger partial charge in [-0.25, -0.2) is 9.78 Å². The summed E-state index contributed by atoms with van der Waals surface area (Å²) in [6.07, 6.45) is 0. The van der Waals surface area contributed by atoms with Gasteiger partial charge in [0.15, 0.2) is 5.75 Å². The van der Waals surface area contributed by atoms with Gasteiger partial charge in [-0.2, -0.15) is 0 Å². The highest BCUT2D eigenvalue weighted by Crippen LogP contribution is 2.30. The largest absolute Gasteiger partial charge is 0.480 e. The fraction of sp³-hybridized carbons (Fsp3) is 0.0769. The fourth-order valence-corrected chi connectivity index (χ4v) is 1.75. The minimum absolute atomic E-state index is 0.0342. The van der Waals surface area contributed by atoms with Crippen LogP contribution in [0.3, 0.4) is 0 Å². The molecule has 0 aliphatic heterocycles. The Morgan fingerprint density at radius 1 is 1.38 bits per heavy atom. The Bertz CT molecular complexity index is 705. The van der Waals surface area contributed by atoms with Gasteiger partial charge in [-0.1, -0.05) is 17.7 Å². The van der Waals surface area contributed by atoms with E-state index in [4.69, 9.17) is 21.4 Å². The zero-order valence-electron chi connectivity index (χ0n) is 10.5. The van der Waals surface area contributed by atoms with E-state index in [9.17, 15) is 14.9 Å². The molecule has 8 heteroatoms. The second-order valence-corrected chi connectivity index (χ2v) is 4.41. The van der Waals surface area contributed by atoms with Crippen molar-refractivity contribution >= 4 is 23.3 Å². The smallest absolute Gasteiger partial charge is 0.354 e. The third-order valence-electron chi connectivity index (χ3n) is 2.52. The number of rotatable bonds is 5. The molecule has 0 bridgehead atoms. The second-order valence-electron chi connectivity index (χ2n) is 3.98. The van der Waals surface area contributed by atoms with Gasteiger partial charge in [0.05, 0.1) is 10.6 Å². The van der Waals surface area contributed by atoms with Gasteiger partial charge in [-0.05, 0) is 24.3 Å². The lowest BCUT2D eigenvalue weighted by molar-refractivity contribution is -0.385. The summed E-state index contributed by atoms with van der Waals surface area (Å²) in [7, 11) is 0. The summed E-state index contributed by atoms with van der Waals surface area (Å²) in [4.78, 5) is 25.0. The molecule has 0 fully saturated rings. The normalized spacial score (nSPS) is 10.1. The Labute approximate surface area is 123 Å². The van der Waals surface area contributed by atoms with Gasteiger partial charge < -0.3 is 9.84 Å². The molecular formula is C13H9ClN2O5. The van der Waals surface area contributed by atoms with E-state index in [0.717, 1.165) is 0 Å². The molecule has 2 aromatic rings. The average Bonchev–Trinajstić information content (AvgIpc) is 2.46. The molecule has 0 atom stereocenters. The molecule has 0 saturated heterocycles. The van der Waals surface area contributed by atoms with Crippen LogP contribution in [0.15, 0.2) is 36.4 Å². The molecule has 1 aromatic carbocycles. The van der Waals surface area contributed by atoms with Crippen LogP contribution in [0.25, 0.3) is 0 Å². The summed E-state index contributed by atoms with van der Waals surface area (Å²) < 4.78 is 5.32. The fourth-order valence-electron chi connectivity index (χ4n) is 1.59. The monoisotopic (exact) mass is 308 g/mol. The van der Waals surface area contributed by atoms with Crippen LogP contribution in [0, 0.1) is 10.1 Å². The summed E-state index contributed by atoms with van der Waals surface area (Å²) in [5.74, 6) is -1.12. The van der Waals surface area contributed by atoms with Gasteiger partial charge in [0.1, 0.15) is 12.3 Å². The molecule has 108 valence electrons. The number of halogens is 1. The molecule has 21 heavy (non-hydrogen) atoms. The molecule has 0 radical (unpaired) electrons. The Kier molecular flexibility index (Phi) is 4.34. The minimum atomic E-state index is -1.16. The topological polar surface area (TPSA) is 103 Å². The van der Waals surface area contributed by atoms with E-state index in [1.807, 2.05) is 0 Å². The quantitative estimate of drug-likeness (QED) is 0.673. The predicted molar refractivity (Wildman–Crippen MR) is 73.6 cm³/mol. The van der Waals surface area contributed by atoms with E-state index in [-0.39, 0.29) is 28.8 Å². The summed E-state index contributed by atoms with van der Waals surface area (Å²) in [5, 5.41) is 20.0. The van der Waals surface area contributed by atoms with E-state index >= 15 is 0 Å². The van der Waals surface area contributed by atoms with Gasteiger partial charge in [0, 0.05) is 11.1 Å². The summed E-state index contributed by atoms with van der Waals surface area (Å²) in [6, 6.07) is 8.45. The van der Waals surface area contributed by atoms with Crippen LogP contribution < -0.4 is 4.74 Å². The number of nitrogens with zero attached hydrogens (tertiary/aromatic N) is 2. The highest BCUT2D eigenvalue weighted by molar-refractivity contribution is 6.30. The van der Waals surface area contributed by atoms with Crippen LogP contribution >= 0.6 is 11.6 Å². The number of hydrogen-bond acceptors (Lipinski definition) is 5. The lowest BCUT2D eigenvalue weighted by Crippen LogP contribution is -2.05. The Balaban J connectivity index is 2.18. The number of aromatic carboxylic acids is 1. The average molecular weight is 309 g/mol. The number of nitro groups is 1. The maximum absolute atomic E-state index is 10.9. The molecule has 0 aliphatic rings. The molecule has 1 N–H and O–H groups in total. The highest BCUT2D eigenvalue weighted by Gasteiger charge is 2.16. The van der Waals surface area contributed by atoms with E-state index < -0.39 is 10.9 Å². The number of benzene rings is 1. The van der Waals surface area contributed by atoms with Crippen LogP contribution in [0.4, 0.5) is 5.69 Å². The van der Waals surface area contributed by atoms with Crippen LogP contribution in [0.2, 0.25) is 5.02 Å². The molecule has 1 heterocycles. The Hall–Kier alpha value is -2.67. The third kappa shape index (κ3) is 3.67. The molecule has 1 aromatic heterocycles. The lowest BCUT2D eigenvalue weighted by Gasteiger charge is -2.07. The molecular weight excluding hydrogens is 300 g/mol. The van der Waals surface area contributed by atoms with Crippen LogP contribution in [-0.4, -0.2) is 21.0 Å². The molecule has 0 saturated carbocycles. The summed E-state index contributed by atoms with van der Waals surface area (Å²) in [6.45, 7) is -0.0937. The number of carbonyl (C=O) groups is 1. The molecule has 0 amide bonds. The maximum atomic E-state index is 10.9. The number of aromatic nitrogens is 1. The van der Waals surface area contributed by atoms with Gasteiger partial charge in [-0.3, -0.25) is 10.1 Å². The first-order valence-corrected chi connectivity index (χ1v) is 6.11. The molecule has 0 aliphatic carbocycles. The second kappa shape index (κ2) is 6.19. The molecule has 0 unspecified atom stereocenters. The van der Waals surface area contributed by atoms with Crippen molar-refractivity contribution in [1.82, 2.24) is 4.98 Å². The van der Waals surface area contributed by atoms with Crippen molar-refractivity contribution < 1.29 is 19.6 Å². The Morgan fingerprint density at radius 2 is 2.14 bits per heavy atom. The predicted octanol–water partition coefficient (Wildman–Crippen LogP) is 2.92. The molecule has 2 rings (SSSR count). The van der Waals surface area contributed by atoms with E-state index in [1.165, 1.54) is 30.3 Å². The van der Waals surface area contributed by atoms with Crippen molar-refractivity contribution in [2.45, 2.75) is 6.61 Å². The molecule has 0 spiro atoms. The van der Waals surface area contributed by atoms with Crippen LogP contribution in [0.5, 0.6) is 5.75 Å². The van der Waals surface area contributed by atoms with Crippen LogP contribution in [-0.2, 0) is 6.61 Å².